The molecule has 2 unspecified atom stereocenters. The summed E-state index contributed by atoms with van der Waals surface area (Å²) in [4.78, 5) is 43.8. The van der Waals surface area contributed by atoms with Crippen LogP contribution in [0, 0.1) is 5.82 Å². The van der Waals surface area contributed by atoms with Crippen molar-refractivity contribution in [2.24, 2.45) is 0 Å². The molecular weight excluding hydrogens is 689 g/mol. The van der Waals surface area contributed by atoms with Crippen molar-refractivity contribution in [3.05, 3.63) is 102 Å². The lowest BCUT2D eigenvalue weighted by atomic mass is 10.0. The fraction of sp³-hybridized carbons (Fsp3) is 0.375. The van der Waals surface area contributed by atoms with Crippen molar-refractivity contribution in [1.29, 1.82) is 0 Å². The van der Waals surface area contributed by atoms with E-state index in [1.165, 1.54) is 6.07 Å². The molecule has 0 spiro atoms. The topological polar surface area (TPSA) is 132 Å². The number of nitrogens with one attached hydrogen (secondary N) is 1. The van der Waals surface area contributed by atoms with Crippen molar-refractivity contribution in [3.8, 4) is 17.1 Å². The smallest absolute Gasteiger partial charge is 0.255 e. The Morgan fingerprint density at radius 1 is 0.870 bits per heavy atom. The van der Waals surface area contributed by atoms with E-state index >= 15 is 0 Å². The van der Waals surface area contributed by atoms with Crippen LogP contribution in [0.1, 0.15) is 53.2 Å². The van der Waals surface area contributed by atoms with Crippen LogP contribution in [0.4, 0.5) is 16.0 Å². The maximum Gasteiger partial charge on any atom is 0.255 e. The lowest BCUT2D eigenvalue weighted by Crippen LogP contribution is -2.54. The predicted molar refractivity (Wildman–Crippen MR) is 200 cm³/mol. The molecule has 4 aliphatic rings. The molecule has 13 nitrogen and oxygen atoms in total. The second kappa shape index (κ2) is 14.3. The lowest BCUT2D eigenvalue weighted by molar-refractivity contribution is -0.132. The Balaban J connectivity index is 0.807. The number of imidazole rings is 1. The van der Waals surface area contributed by atoms with Crippen molar-refractivity contribution in [3.63, 3.8) is 0 Å². The first kappa shape index (κ1) is 34.2. The molecule has 0 saturated carbocycles. The highest BCUT2D eigenvalue weighted by atomic mass is 19.1. The number of carbonyl (C=O) groups is 2. The van der Waals surface area contributed by atoms with Gasteiger partial charge in [-0.25, -0.2) is 18.9 Å². The first-order valence-corrected chi connectivity index (χ1v) is 18.7. The number of aliphatic hydroxyl groups excluding tert-OH is 1. The quantitative estimate of drug-likeness (QED) is 0.229. The summed E-state index contributed by atoms with van der Waals surface area (Å²) in [5.74, 6) is 1.64. The number of pyridine rings is 1. The fourth-order valence-electron chi connectivity index (χ4n) is 8.25. The first-order chi connectivity index (χ1) is 26.4. The number of carbonyl (C=O) groups excluding carboxylic acids is 2. The molecule has 0 radical (unpaired) electrons. The predicted octanol–water partition coefficient (Wildman–Crippen LogP) is 4.03. The van der Waals surface area contributed by atoms with Gasteiger partial charge in [0, 0.05) is 51.4 Å². The second-order valence-electron chi connectivity index (χ2n) is 14.4. The SMILES string of the molecule is O=C1NC(O)CCC1N1Cc2ccc(OCCN3CCN(c4cccc(-c5cnc6ccc(N7CCC[C@@H]7c7cccc(F)c7)nn56)n4)CC3)cc2C1=O. The standard InChI is InChI=1S/C40H42FN9O4/c41-28-5-1-4-26(22-28)32-7-3-15-48(32)37-13-12-35-42-24-34(50(35)45-37)31-6-2-8-36(43-31)47-18-16-46(17-19-47)20-21-54-29-10-9-27-25-49(40(53)30(27)23-29)33-11-14-38(51)44-39(33)52/h1-2,4-6,8-10,12-13,22-24,32-33,38,51H,3,7,11,14-21,25H2,(H,44,52)/t32-,33?,38?/m1/s1. The van der Waals surface area contributed by atoms with Gasteiger partial charge in [0.25, 0.3) is 5.91 Å². The van der Waals surface area contributed by atoms with Gasteiger partial charge in [-0.3, -0.25) is 14.5 Å². The molecule has 14 heteroatoms. The second-order valence-corrected chi connectivity index (χ2v) is 14.4. The molecule has 7 heterocycles. The van der Waals surface area contributed by atoms with Gasteiger partial charge in [0.05, 0.1) is 17.9 Å². The zero-order chi connectivity index (χ0) is 36.8. The molecule has 2 aromatic carbocycles. The van der Waals surface area contributed by atoms with Crippen molar-refractivity contribution in [2.45, 2.75) is 50.5 Å². The third-order valence-corrected chi connectivity index (χ3v) is 11.1. The Hall–Kier alpha value is -5.60. The van der Waals surface area contributed by atoms with Gasteiger partial charge in [-0.1, -0.05) is 24.3 Å². The number of rotatable bonds is 9. The lowest BCUT2D eigenvalue weighted by Gasteiger charge is -2.35. The van der Waals surface area contributed by atoms with Crippen molar-refractivity contribution in [1.82, 2.24) is 34.7 Å². The van der Waals surface area contributed by atoms with E-state index in [9.17, 15) is 19.1 Å². The fourth-order valence-corrected chi connectivity index (χ4v) is 8.25. The molecule has 5 aromatic rings. The Morgan fingerprint density at radius 3 is 2.59 bits per heavy atom. The first-order valence-electron chi connectivity index (χ1n) is 18.7. The number of amides is 2. The number of ether oxygens (including phenoxy) is 1. The molecule has 3 fully saturated rings. The zero-order valence-electron chi connectivity index (χ0n) is 29.9. The van der Waals surface area contributed by atoms with Crippen molar-refractivity contribution >= 4 is 29.1 Å². The van der Waals surface area contributed by atoms with Gasteiger partial charge < -0.3 is 29.9 Å². The number of piperazine rings is 1. The molecule has 54 heavy (non-hydrogen) atoms. The summed E-state index contributed by atoms with van der Waals surface area (Å²) in [5, 5.41) is 17.3. The van der Waals surface area contributed by atoms with Crippen LogP contribution in [-0.4, -0.2) is 104 Å². The van der Waals surface area contributed by atoms with Crippen LogP contribution < -0.4 is 19.9 Å². The average Bonchev–Trinajstić information content (AvgIpc) is 3.93. The van der Waals surface area contributed by atoms with E-state index < -0.39 is 12.3 Å². The largest absolute Gasteiger partial charge is 0.492 e. The van der Waals surface area contributed by atoms with Gasteiger partial charge in [-0.05, 0) is 85.3 Å². The molecule has 0 bridgehead atoms. The summed E-state index contributed by atoms with van der Waals surface area (Å²) in [6.07, 6.45) is 3.77. The highest BCUT2D eigenvalue weighted by Gasteiger charge is 2.39. The van der Waals surface area contributed by atoms with Crippen molar-refractivity contribution in [2.75, 3.05) is 55.7 Å². The number of hydrogen-bond donors (Lipinski definition) is 2. The van der Waals surface area contributed by atoms with Gasteiger partial charge in [-0.15, -0.1) is 5.10 Å². The summed E-state index contributed by atoms with van der Waals surface area (Å²) in [6, 6.07) is 21.9. The number of aromatic nitrogens is 4. The Bertz CT molecular complexity index is 2210. The number of halogens is 1. The van der Waals surface area contributed by atoms with Crippen LogP contribution in [0.25, 0.3) is 17.0 Å². The Kier molecular flexibility index (Phi) is 9.07. The minimum atomic E-state index is -0.855. The molecule has 2 amide bonds. The molecular formula is C40H42FN9O4. The molecule has 3 atom stereocenters. The molecule has 278 valence electrons. The summed E-state index contributed by atoms with van der Waals surface area (Å²) in [7, 11) is 0. The van der Waals surface area contributed by atoms with Crippen LogP contribution in [0.5, 0.6) is 5.75 Å². The van der Waals surface area contributed by atoms with Crippen molar-refractivity contribution < 1.29 is 23.8 Å². The molecule has 4 aliphatic heterocycles. The normalized spacial score (nSPS) is 21.9. The summed E-state index contributed by atoms with van der Waals surface area (Å²) < 4.78 is 22.0. The molecule has 2 N–H and O–H groups in total. The van der Waals surface area contributed by atoms with E-state index in [4.69, 9.17) is 14.8 Å². The maximum absolute atomic E-state index is 14.1. The van der Waals surface area contributed by atoms with E-state index in [0.29, 0.717) is 37.3 Å². The Morgan fingerprint density at radius 2 is 1.74 bits per heavy atom. The number of nitrogens with zero attached hydrogens (tertiary/aromatic N) is 8. The monoisotopic (exact) mass is 731 g/mol. The maximum atomic E-state index is 14.1. The van der Waals surface area contributed by atoms with Gasteiger partial charge in [0.15, 0.2) is 5.65 Å². The van der Waals surface area contributed by atoms with E-state index in [2.05, 4.69) is 25.0 Å². The molecule has 0 aliphatic carbocycles. The van der Waals surface area contributed by atoms with E-state index in [1.54, 1.807) is 23.1 Å². The van der Waals surface area contributed by atoms with Gasteiger partial charge in [-0.2, -0.15) is 0 Å². The van der Waals surface area contributed by atoms with E-state index in [1.807, 2.05) is 59.2 Å². The van der Waals surface area contributed by atoms with Gasteiger partial charge in [0.1, 0.15) is 47.8 Å². The summed E-state index contributed by atoms with van der Waals surface area (Å²) in [5.41, 5.74) is 4.74. The number of piperidine rings is 1. The number of hydrogen-bond acceptors (Lipinski definition) is 10. The third kappa shape index (κ3) is 6.60. The third-order valence-electron chi connectivity index (χ3n) is 11.1. The Labute approximate surface area is 312 Å². The number of fused-ring (bicyclic) bond motifs is 2. The average molecular weight is 732 g/mol. The van der Waals surface area contributed by atoms with Crippen LogP contribution in [0.2, 0.25) is 0 Å². The minimum Gasteiger partial charge on any atom is -0.492 e. The summed E-state index contributed by atoms with van der Waals surface area (Å²) in [6.45, 7) is 5.79. The van der Waals surface area contributed by atoms with Crippen LogP contribution in [-0.2, 0) is 11.3 Å². The highest BCUT2D eigenvalue weighted by molar-refractivity contribution is 6.01. The van der Waals surface area contributed by atoms with E-state index in [-0.39, 0.29) is 23.7 Å². The van der Waals surface area contributed by atoms with E-state index in [0.717, 1.165) is 91.9 Å². The molecule has 9 rings (SSSR count). The van der Waals surface area contributed by atoms with Crippen LogP contribution >= 0.6 is 0 Å². The molecule has 3 saturated heterocycles. The number of anilines is 2. The minimum absolute atomic E-state index is 0.0659. The molecule has 3 aromatic heterocycles. The van der Waals surface area contributed by atoms with Crippen LogP contribution in [0.15, 0.2) is 79.0 Å². The van der Waals surface area contributed by atoms with Gasteiger partial charge >= 0.3 is 0 Å². The number of benzene rings is 2. The summed E-state index contributed by atoms with van der Waals surface area (Å²) >= 11 is 0. The highest BCUT2D eigenvalue weighted by Crippen LogP contribution is 2.36. The zero-order valence-corrected chi connectivity index (χ0v) is 29.9. The van der Waals surface area contributed by atoms with Crippen LogP contribution in [0.3, 0.4) is 0 Å². The van der Waals surface area contributed by atoms with Gasteiger partial charge in [0.2, 0.25) is 5.91 Å². The number of aliphatic hydroxyl groups is 1.